The van der Waals surface area contributed by atoms with Crippen molar-refractivity contribution in [3.8, 4) is 0 Å². The van der Waals surface area contributed by atoms with E-state index in [2.05, 4.69) is 13.8 Å². The van der Waals surface area contributed by atoms with E-state index in [-0.39, 0.29) is 19.2 Å². The smallest absolute Gasteiger partial charge is 0.306 e. The number of aliphatic hydroxyl groups excluding tert-OH is 4. The molecule has 9 nitrogen and oxygen atoms in total. The molecule has 69 heavy (non-hydrogen) atoms. The highest BCUT2D eigenvalue weighted by molar-refractivity contribution is 5.69. The topological polar surface area (TPSA) is 135 Å². The largest absolute Gasteiger partial charge is 0.457 e. The van der Waals surface area contributed by atoms with Gasteiger partial charge in [0.1, 0.15) is 30.5 Å². The van der Waals surface area contributed by atoms with Gasteiger partial charge < -0.3 is 39.4 Å². The summed E-state index contributed by atoms with van der Waals surface area (Å²) in [5.74, 6) is -0.302. The van der Waals surface area contributed by atoms with Gasteiger partial charge in [0.15, 0.2) is 6.29 Å². The molecule has 0 spiro atoms. The van der Waals surface area contributed by atoms with E-state index < -0.39 is 43.4 Å². The lowest BCUT2D eigenvalue weighted by Crippen LogP contribution is -2.59. The summed E-state index contributed by atoms with van der Waals surface area (Å²) in [6.45, 7) is 4.66. The van der Waals surface area contributed by atoms with E-state index in [1.165, 1.54) is 263 Å². The standard InChI is InChI=1S/C60H118O9/c1-3-5-7-9-11-13-15-17-19-21-23-25-26-27-28-29-31-33-35-37-39-41-43-45-47-49-56(62)68-54(53-67-60-59(65)58(64)57(63)55(51-61)69-60)52-66-50-48-46-44-42-40-38-36-34-32-30-24-22-20-18-16-14-12-10-8-6-4-2/h54-55,57-61,63-65H,3-53H2,1-2H3. The van der Waals surface area contributed by atoms with Crippen molar-refractivity contribution in [2.24, 2.45) is 0 Å². The number of esters is 1. The lowest BCUT2D eigenvalue weighted by molar-refractivity contribution is -0.305. The maximum atomic E-state index is 12.9. The van der Waals surface area contributed by atoms with Crippen molar-refractivity contribution in [3.05, 3.63) is 0 Å². The molecule has 6 unspecified atom stereocenters. The molecule has 0 aromatic carbocycles. The first kappa shape index (κ1) is 66.2. The Morgan fingerprint density at radius 2 is 0.710 bits per heavy atom. The second-order valence-corrected chi connectivity index (χ2v) is 21.5. The Hall–Kier alpha value is -0.810. The molecule has 1 rings (SSSR count). The molecule has 0 aliphatic carbocycles. The zero-order valence-electron chi connectivity index (χ0n) is 45.9. The predicted molar refractivity (Wildman–Crippen MR) is 289 cm³/mol. The van der Waals surface area contributed by atoms with Gasteiger partial charge in [-0.3, -0.25) is 4.79 Å². The van der Waals surface area contributed by atoms with Gasteiger partial charge in [0.25, 0.3) is 0 Å². The van der Waals surface area contributed by atoms with Crippen molar-refractivity contribution in [1.29, 1.82) is 0 Å². The molecule has 1 fully saturated rings. The lowest BCUT2D eigenvalue weighted by atomic mass is 9.99. The molecule has 0 aromatic heterocycles. The third-order valence-electron chi connectivity index (χ3n) is 14.8. The van der Waals surface area contributed by atoms with Crippen LogP contribution in [-0.2, 0) is 23.7 Å². The van der Waals surface area contributed by atoms with Crippen LogP contribution in [0.4, 0.5) is 0 Å². The molecule has 6 atom stereocenters. The summed E-state index contributed by atoms with van der Waals surface area (Å²) in [7, 11) is 0. The second kappa shape index (κ2) is 52.1. The number of hydrogen-bond donors (Lipinski definition) is 4. The Bertz CT molecular complexity index is 1030. The summed E-state index contributed by atoms with van der Waals surface area (Å²) in [4.78, 5) is 12.9. The Balaban J connectivity index is 2.10. The zero-order chi connectivity index (χ0) is 49.9. The predicted octanol–water partition coefficient (Wildman–Crippen LogP) is 16.1. The van der Waals surface area contributed by atoms with Gasteiger partial charge in [0.2, 0.25) is 0 Å². The first-order chi connectivity index (χ1) is 33.9. The van der Waals surface area contributed by atoms with Crippen LogP contribution < -0.4 is 0 Å². The van der Waals surface area contributed by atoms with Crippen molar-refractivity contribution in [1.82, 2.24) is 0 Å². The molecule has 0 bridgehead atoms. The van der Waals surface area contributed by atoms with E-state index in [1.54, 1.807) is 0 Å². The molecular weight excluding hydrogens is 865 g/mol. The quantitative estimate of drug-likeness (QED) is 0.0347. The summed E-state index contributed by atoms with van der Waals surface area (Å²) in [6, 6.07) is 0. The van der Waals surface area contributed by atoms with Crippen LogP contribution in [0.2, 0.25) is 0 Å². The molecule has 4 N–H and O–H groups in total. The number of carbonyl (C=O) groups is 1. The minimum atomic E-state index is -1.53. The summed E-state index contributed by atoms with van der Waals surface area (Å²) in [5.41, 5.74) is 0. The molecule has 9 heteroatoms. The van der Waals surface area contributed by atoms with Gasteiger partial charge in [0.05, 0.1) is 19.8 Å². The molecule has 0 saturated carbocycles. The van der Waals surface area contributed by atoms with Crippen molar-refractivity contribution in [2.75, 3.05) is 26.4 Å². The van der Waals surface area contributed by atoms with Gasteiger partial charge in [-0.05, 0) is 12.8 Å². The number of carbonyl (C=O) groups excluding carboxylic acids is 1. The van der Waals surface area contributed by atoms with Gasteiger partial charge in [-0.1, -0.05) is 296 Å². The van der Waals surface area contributed by atoms with Crippen LogP contribution in [0, 0.1) is 0 Å². The van der Waals surface area contributed by atoms with Crippen molar-refractivity contribution < 1.29 is 44.2 Å². The lowest BCUT2D eigenvalue weighted by Gasteiger charge is -2.39. The first-order valence-electron chi connectivity index (χ1n) is 30.6. The van der Waals surface area contributed by atoms with Crippen LogP contribution in [-0.4, -0.2) is 89.6 Å². The fraction of sp³-hybridized carbons (Fsp3) is 0.983. The van der Waals surface area contributed by atoms with E-state index in [0.29, 0.717) is 13.0 Å². The normalized spacial score (nSPS) is 18.8. The summed E-state index contributed by atoms with van der Waals surface area (Å²) < 4.78 is 23.0. The van der Waals surface area contributed by atoms with E-state index in [1.807, 2.05) is 0 Å². The fourth-order valence-electron chi connectivity index (χ4n) is 10.0. The SMILES string of the molecule is CCCCCCCCCCCCCCCCCCCCCCCCCCCC(=O)OC(COCCCCCCCCCCCCCCCCCCCCCCC)COC1OC(CO)C(O)C(O)C1O. The summed E-state index contributed by atoms with van der Waals surface area (Å²) >= 11 is 0. The Morgan fingerprint density at radius 3 is 1.03 bits per heavy atom. The van der Waals surface area contributed by atoms with E-state index >= 15 is 0 Å². The molecule has 1 aliphatic rings. The zero-order valence-corrected chi connectivity index (χ0v) is 45.9. The Kier molecular flexibility index (Phi) is 50.0. The van der Waals surface area contributed by atoms with Crippen LogP contribution in [0.3, 0.4) is 0 Å². The van der Waals surface area contributed by atoms with E-state index in [0.717, 1.165) is 32.1 Å². The van der Waals surface area contributed by atoms with Crippen LogP contribution in [0.15, 0.2) is 0 Å². The highest BCUT2D eigenvalue weighted by Gasteiger charge is 2.44. The van der Waals surface area contributed by atoms with Crippen molar-refractivity contribution in [2.45, 2.75) is 352 Å². The van der Waals surface area contributed by atoms with Crippen LogP contribution >= 0.6 is 0 Å². The molecule has 0 aromatic rings. The number of aliphatic hydroxyl groups is 4. The van der Waals surface area contributed by atoms with E-state index in [4.69, 9.17) is 18.9 Å². The highest BCUT2D eigenvalue weighted by Crippen LogP contribution is 2.23. The molecule has 1 saturated heterocycles. The van der Waals surface area contributed by atoms with Crippen LogP contribution in [0.1, 0.15) is 316 Å². The summed E-state index contributed by atoms with van der Waals surface area (Å²) in [6.07, 6.45) is 54.5. The van der Waals surface area contributed by atoms with Crippen molar-refractivity contribution in [3.63, 3.8) is 0 Å². The number of unbranched alkanes of at least 4 members (excludes halogenated alkanes) is 44. The molecule has 0 amide bonds. The Morgan fingerprint density at radius 1 is 0.406 bits per heavy atom. The number of rotatable bonds is 55. The van der Waals surface area contributed by atoms with Gasteiger partial charge >= 0.3 is 5.97 Å². The van der Waals surface area contributed by atoms with Crippen molar-refractivity contribution >= 4 is 5.97 Å². The minimum absolute atomic E-state index is 0.104. The Labute approximate surface area is 427 Å². The first-order valence-corrected chi connectivity index (χ1v) is 30.6. The number of ether oxygens (including phenoxy) is 4. The van der Waals surface area contributed by atoms with Crippen LogP contribution in [0.5, 0.6) is 0 Å². The monoisotopic (exact) mass is 983 g/mol. The molecule has 1 aliphatic heterocycles. The van der Waals surface area contributed by atoms with Gasteiger partial charge in [-0.2, -0.15) is 0 Å². The number of hydrogen-bond acceptors (Lipinski definition) is 9. The van der Waals surface area contributed by atoms with E-state index in [9.17, 15) is 25.2 Å². The second-order valence-electron chi connectivity index (χ2n) is 21.5. The van der Waals surface area contributed by atoms with Gasteiger partial charge in [-0.25, -0.2) is 0 Å². The maximum absolute atomic E-state index is 12.9. The third kappa shape index (κ3) is 42.3. The van der Waals surface area contributed by atoms with Gasteiger partial charge in [-0.15, -0.1) is 0 Å². The molecule has 1 heterocycles. The molecule has 412 valence electrons. The summed E-state index contributed by atoms with van der Waals surface area (Å²) in [5, 5.41) is 40.4. The molecule has 0 radical (unpaired) electrons. The average Bonchev–Trinajstić information content (AvgIpc) is 3.35. The highest BCUT2D eigenvalue weighted by atomic mass is 16.7. The molecular formula is C60H118O9. The maximum Gasteiger partial charge on any atom is 0.306 e. The van der Waals surface area contributed by atoms with Gasteiger partial charge in [0, 0.05) is 13.0 Å². The third-order valence-corrected chi connectivity index (χ3v) is 14.8. The average molecular weight is 984 g/mol. The minimum Gasteiger partial charge on any atom is -0.457 e. The fourth-order valence-corrected chi connectivity index (χ4v) is 10.0. The van der Waals surface area contributed by atoms with Crippen LogP contribution in [0.25, 0.3) is 0 Å².